The maximum atomic E-state index is 11.4. The molecule has 1 N–H and O–H groups in total. The highest BCUT2D eigenvalue weighted by atomic mass is 28.4. The smallest absolute Gasteiger partial charge is 0.349 e. The van der Waals surface area contributed by atoms with E-state index in [4.69, 9.17) is 18.3 Å². The lowest BCUT2D eigenvalue weighted by molar-refractivity contribution is -0.0795. The molecular weight excluding hydrogens is 468 g/mol. The zero-order chi connectivity index (χ0) is 25.1. The van der Waals surface area contributed by atoms with Gasteiger partial charge < -0.3 is 23.4 Å². The van der Waals surface area contributed by atoms with E-state index in [-0.39, 0.29) is 16.2 Å². The van der Waals surface area contributed by atoms with Crippen molar-refractivity contribution >= 4 is 27.8 Å². The van der Waals surface area contributed by atoms with Crippen molar-refractivity contribution in [1.82, 2.24) is 19.5 Å². The van der Waals surface area contributed by atoms with E-state index < -0.39 is 35.1 Å². The first kappa shape index (κ1) is 25.7. The molecule has 0 aliphatic carbocycles. The van der Waals surface area contributed by atoms with Crippen LogP contribution < -0.4 is 4.74 Å². The summed E-state index contributed by atoms with van der Waals surface area (Å²) in [4.78, 5) is 13.2. The highest BCUT2D eigenvalue weighted by Gasteiger charge is 2.65. The average molecular weight is 509 g/mol. The van der Waals surface area contributed by atoms with Crippen LogP contribution in [0.25, 0.3) is 11.2 Å². The fourth-order valence-electron chi connectivity index (χ4n) is 5.14. The molecule has 0 saturated carbocycles. The van der Waals surface area contributed by atoms with Crippen LogP contribution in [-0.2, 0) is 13.6 Å². The van der Waals surface area contributed by atoms with Crippen LogP contribution in [0.4, 0.5) is 0 Å². The van der Waals surface area contributed by atoms with Crippen LogP contribution in [-0.4, -0.2) is 72.8 Å². The number of hydrogen-bond donors (Lipinski definition) is 1. The van der Waals surface area contributed by atoms with E-state index in [1.165, 1.54) is 6.33 Å². The number of fused-ring (bicyclic) bond motifs is 2. The first-order valence-corrected chi connectivity index (χ1v) is 17.6. The van der Waals surface area contributed by atoms with Gasteiger partial charge in [-0.25, -0.2) is 9.97 Å². The molecule has 0 radical (unpaired) electrons. The SMILES string of the molecule is CC(C)(C)[Si]1(C(C)(C)C)OCC2OC(n3cnc4c(OCC[Si](C)(C)C)ncnc43)[C@@H](O)[C@@H]2O1. The summed E-state index contributed by atoms with van der Waals surface area (Å²) in [6.07, 6.45) is 0.699. The molecule has 2 aliphatic rings. The molecule has 9 nitrogen and oxygen atoms in total. The van der Waals surface area contributed by atoms with Crippen LogP contribution in [0.3, 0.4) is 0 Å². The number of nitrogens with zero attached hydrogens (tertiary/aromatic N) is 4. The number of aliphatic hydroxyl groups is 1. The molecule has 2 aliphatic heterocycles. The summed E-state index contributed by atoms with van der Waals surface area (Å²) >= 11 is 0. The third kappa shape index (κ3) is 4.46. The molecule has 4 heterocycles. The van der Waals surface area contributed by atoms with Crippen LogP contribution in [0.15, 0.2) is 12.7 Å². The lowest BCUT2D eigenvalue weighted by atomic mass is 10.1. The van der Waals surface area contributed by atoms with Crippen molar-refractivity contribution < 1.29 is 23.4 Å². The van der Waals surface area contributed by atoms with Crippen molar-refractivity contribution in [2.75, 3.05) is 13.2 Å². The molecule has 4 atom stereocenters. The van der Waals surface area contributed by atoms with Crippen molar-refractivity contribution in [3.05, 3.63) is 12.7 Å². The van der Waals surface area contributed by atoms with Crippen LogP contribution in [0.1, 0.15) is 47.8 Å². The molecule has 2 aromatic heterocycles. The quantitative estimate of drug-likeness (QED) is 0.598. The van der Waals surface area contributed by atoms with Gasteiger partial charge in [0, 0.05) is 18.2 Å². The summed E-state index contributed by atoms with van der Waals surface area (Å²) in [5.41, 5.74) is 1.13. The Labute approximate surface area is 204 Å². The lowest BCUT2D eigenvalue weighted by Crippen LogP contribution is -2.65. The summed E-state index contributed by atoms with van der Waals surface area (Å²) in [6.45, 7) is 20.9. The van der Waals surface area contributed by atoms with Gasteiger partial charge in [-0.2, -0.15) is 4.98 Å². The first-order chi connectivity index (χ1) is 15.6. The summed E-state index contributed by atoms with van der Waals surface area (Å²) < 4.78 is 27.2. The fraction of sp³-hybridized carbons (Fsp3) is 0.783. The largest absolute Gasteiger partial charge is 0.476 e. The standard InChI is InChI=1S/C23H40N4O5Si2/c1-22(2,3)34(23(4,5)6)30-12-15-18(32-34)17(28)21(31-15)27-14-26-16-19(27)24-13-25-20(16)29-10-11-33(7,8)9/h13-15,17-18,21,28H,10-12H2,1-9H3/t15?,17-,18+,21?/m0/s1. The summed E-state index contributed by atoms with van der Waals surface area (Å²) in [5.74, 6) is 0.457. The Bertz CT molecular complexity index is 1010. The van der Waals surface area contributed by atoms with Crippen molar-refractivity contribution in [3.8, 4) is 5.88 Å². The summed E-state index contributed by atoms with van der Waals surface area (Å²) in [5, 5.41) is 11.0. The summed E-state index contributed by atoms with van der Waals surface area (Å²) in [7, 11) is -3.96. The van der Waals surface area contributed by atoms with E-state index in [1.54, 1.807) is 10.9 Å². The highest BCUT2D eigenvalue weighted by Crippen LogP contribution is 2.55. The van der Waals surface area contributed by atoms with Crippen molar-refractivity contribution in [1.29, 1.82) is 0 Å². The molecular formula is C23H40N4O5Si2. The van der Waals surface area contributed by atoms with E-state index in [2.05, 4.69) is 76.1 Å². The number of ether oxygens (including phenoxy) is 2. The fourth-order valence-corrected chi connectivity index (χ4v) is 10.8. The van der Waals surface area contributed by atoms with Gasteiger partial charge in [-0.1, -0.05) is 61.2 Å². The number of hydrogen-bond acceptors (Lipinski definition) is 8. The minimum atomic E-state index is -2.73. The Morgan fingerprint density at radius 1 is 1.12 bits per heavy atom. The second-order valence-electron chi connectivity index (χ2n) is 12.7. The molecule has 2 unspecified atom stereocenters. The minimum Gasteiger partial charge on any atom is -0.476 e. The maximum absolute atomic E-state index is 11.4. The maximum Gasteiger partial charge on any atom is 0.349 e. The van der Waals surface area contributed by atoms with Gasteiger partial charge in [-0.3, -0.25) is 4.57 Å². The molecule has 2 fully saturated rings. The molecule has 2 aromatic rings. The van der Waals surface area contributed by atoms with E-state index in [0.29, 0.717) is 30.3 Å². The minimum absolute atomic E-state index is 0.175. The lowest BCUT2D eigenvalue weighted by Gasteiger charge is -2.53. The van der Waals surface area contributed by atoms with Crippen LogP contribution in [0, 0.1) is 0 Å². The Balaban J connectivity index is 1.59. The summed E-state index contributed by atoms with van der Waals surface area (Å²) in [6, 6.07) is 1.03. The molecule has 190 valence electrons. The third-order valence-corrected chi connectivity index (χ3v) is 13.6. The van der Waals surface area contributed by atoms with Crippen LogP contribution in [0.5, 0.6) is 5.88 Å². The van der Waals surface area contributed by atoms with Gasteiger partial charge in [0.05, 0.1) is 19.5 Å². The zero-order valence-electron chi connectivity index (χ0n) is 22.0. The topological polar surface area (TPSA) is 101 Å². The van der Waals surface area contributed by atoms with E-state index in [9.17, 15) is 5.11 Å². The van der Waals surface area contributed by atoms with E-state index in [0.717, 1.165) is 6.04 Å². The molecule has 2 saturated heterocycles. The van der Waals surface area contributed by atoms with E-state index >= 15 is 0 Å². The zero-order valence-corrected chi connectivity index (χ0v) is 24.0. The van der Waals surface area contributed by atoms with Gasteiger partial charge in [0.25, 0.3) is 0 Å². The van der Waals surface area contributed by atoms with Gasteiger partial charge in [0.1, 0.15) is 24.6 Å². The van der Waals surface area contributed by atoms with Gasteiger partial charge >= 0.3 is 8.56 Å². The number of aromatic nitrogens is 4. The number of rotatable bonds is 5. The number of imidazole rings is 1. The number of aliphatic hydroxyl groups excluding tert-OH is 1. The predicted molar refractivity (Wildman–Crippen MR) is 135 cm³/mol. The highest BCUT2D eigenvalue weighted by molar-refractivity contribution is 6.76. The average Bonchev–Trinajstić information content (AvgIpc) is 3.26. The molecule has 4 rings (SSSR count). The molecule has 0 spiro atoms. The molecule has 0 amide bonds. The monoisotopic (exact) mass is 508 g/mol. The van der Waals surface area contributed by atoms with Crippen LogP contribution in [0.2, 0.25) is 35.8 Å². The van der Waals surface area contributed by atoms with Gasteiger partial charge in [0.15, 0.2) is 17.4 Å². The Hall–Kier alpha value is -1.38. The van der Waals surface area contributed by atoms with Gasteiger partial charge in [0.2, 0.25) is 5.88 Å². The molecule has 0 aromatic carbocycles. The Morgan fingerprint density at radius 2 is 1.79 bits per heavy atom. The molecule has 34 heavy (non-hydrogen) atoms. The van der Waals surface area contributed by atoms with E-state index in [1.807, 2.05) is 0 Å². The van der Waals surface area contributed by atoms with Gasteiger partial charge in [-0.15, -0.1) is 0 Å². The van der Waals surface area contributed by atoms with Crippen molar-refractivity contribution in [2.24, 2.45) is 0 Å². The Kier molecular flexibility index (Phi) is 6.53. The molecule has 11 heteroatoms. The van der Waals surface area contributed by atoms with Crippen LogP contribution >= 0.6 is 0 Å². The first-order valence-electron chi connectivity index (χ1n) is 12.1. The second kappa shape index (κ2) is 8.63. The third-order valence-electron chi connectivity index (χ3n) is 6.73. The van der Waals surface area contributed by atoms with Crippen molar-refractivity contribution in [3.63, 3.8) is 0 Å². The second-order valence-corrected chi connectivity index (χ2v) is 23.1. The van der Waals surface area contributed by atoms with Crippen molar-refractivity contribution in [2.45, 2.75) is 102 Å². The van der Waals surface area contributed by atoms with Gasteiger partial charge in [-0.05, 0) is 6.04 Å². The molecule has 0 bridgehead atoms. The normalized spacial score (nSPS) is 27.7. The predicted octanol–water partition coefficient (Wildman–Crippen LogP) is 4.26. The Morgan fingerprint density at radius 3 is 2.41 bits per heavy atom.